The number of benzene rings is 3. The molecule has 0 unspecified atom stereocenters. The van der Waals surface area contributed by atoms with Gasteiger partial charge in [-0.25, -0.2) is 0 Å². The van der Waals surface area contributed by atoms with Gasteiger partial charge in [-0.1, -0.05) is 66.7 Å². The molecule has 1 amide bonds. The van der Waals surface area contributed by atoms with Crippen LogP contribution in [0.4, 0.5) is 5.69 Å². The largest absolute Gasteiger partial charge is 0.392 e. The molecule has 1 aliphatic heterocycles. The number of aliphatic hydroxyl groups excluding tert-OH is 2. The van der Waals surface area contributed by atoms with Crippen molar-refractivity contribution in [3.8, 4) is 0 Å². The van der Waals surface area contributed by atoms with Crippen molar-refractivity contribution in [1.29, 1.82) is 0 Å². The molecule has 0 bridgehead atoms. The molecule has 3 aromatic rings. The van der Waals surface area contributed by atoms with E-state index in [2.05, 4.69) is 10.2 Å². The minimum absolute atomic E-state index is 0.00671. The van der Waals surface area contributed by atoms with E-state index in [1.807, 2.05) is 92.8 Å². The quantitative estimate of drug-likeness (QED) is 0.390. The second kappa shape index (κ2) is 12.4. The van der Waals surface area contributed by atoms with Crippen LogP contribution >= 0.6 is 0 Å². The van der Waals surface area contributed by atoms with Gasteiger partial charge in [0.1, 0.15) is 0 Å². The van der Waals surface area contributed by atoms with Gasteiger partial charge in [0.05, 0.1) is 24.9 Å². The van der Waals surface area contributed by atoms with Gasteiger partial charge in [-0.05, 0) is 42.8 Å². The summed E-state index contributed by atoms with van der Waals surface area (Å²) in [6, 6.07) is 24.8. The number of nitrogens with one attached hydrogen (secondary N) is 1. The van der Waals surface area contributed by atoms with Gasteiger partial charge in [0.25, 0.3) is 0 Å². The molecule has 37 heavy (non-hydrogen) atoms. The molecular weight excluding hydrogens is 468 g/mol. The fourth-order valence-corrected chi connectivity index (χ4v) is 4.62. The Bertz CT molecular complexity index is 1140. The molecule has 1 fully saturated rings. The molecule has 3 aromatic carbocycles. The summed E-state index contributed by atoms with van der Waals surface area (Å²) in [5.74, 6) is -0.126. The first kappa shape index (κ1) is 27.0. The van der Waals surface area contributed by atoms with E-state index in [4.69, 9.17) is 9.47 Å². The van der Waals surface area contributed by atoms with Gasteiger partial charge in [0.15, 0.2) is 6.29 Å². The summed E-state index contributed by atoms with van der Waals surface area (Å²) in [6.45, 7) is 4.10. The lowest BCUT2D eigenvalue weighted by Gasteiger charge is -2.39. The first-order valence-corrected chi connectivity index (χ1v) is 12.7. The van der Waals surface area contributed by atoms with E-state index in [0.717, 1.165) is 22.3 Å². The summed E-state index contributed by atoms with van der Waals surface area (Å²) in [5.41, 5.74) is 4.32. The maximum atomic E-state index is 11.4. The van der Waals surface area contributed by atoms with Crippen molar-refractivity contribution in [3.63, 3.8) is 0 Å². The van der Waals surface area contributed by atoms with E-state index in [1.165, 1.54) is 6.92 Å². The minimum Gasteiger partial charge on any atom is -0.392 e. The van der Waals surface area contributed by atoms with Gasteiger partial charge in [-0.3, -0.25) is 9.69 Å². The van der Waals surface area contributed by atoms with Crippen molar-refractivity contribution in [1.82, 2.24) is 4.90 Å². The van der Waals surface area contributed by atoms with Crippen LogP contribution < -0.4 is 5.32 Å². The zero-order valence-corrected chi connectivity index (χ0v) is 21.6. The second-order valence-corrected chi connectivity index (χ2v) is 9.69. The average Bonchev–Trinajstić information content (AvgIpc) is 2.92. The Labute approximate surface area is 218 Å². The Morgan fingerprint density at radius 2 is 1.65 bits per heavy atom. The van der Waals surface area contributed by atoms with Gasteiger partial charge in [-0.15, -0.1) is 0 Å². The summed E-state index contributed by atoms with van der Waals surface area (Å²) >= 11 is 0. The number of aliphatic hydroxyl groups is 2. The fraction of sp³-hybridized carbons (Fsp3) is 0.367. The standard InChI is InChI=1S/C30H36N2O5/c1-20(29(35)24-7-5-4-6-8-24)32(3)18-27-17-28(23-11-9-22(19-33)10-12-23)37-30(36-27)25-13-15-26(16-14-25)31-21(2)34/h4-16,20,27-30,33,35H,17-19H2,1-3H3,(H,31,34)/t20-,27-,28+,29-,30+/m0/s1. The normalized spacial score (nSPS) is 21.4. The van der Waals surface area contributed by atoms with Crippen molar-refractivity contribution < 1.29 is 24.5 Å². The van der Waals surface area contributed by atoms with Gasteiger partial charge in [0.2, 0.25) is 5.91 Å². The lowest BCUT2D eigenvalue weighted by molar-refractivity contribution is -0.253. The SMILES string of the molecule is CC(=O)Nc1ccc([C@@H]2O[C@H](CN(C)[C@@H](C)[C@H](O)c3ccccc3)C[C@H](c3ccc(CO)cc3)O2)cc1. The van der Waals surface area contributed by atoms with E-state index >= 15 is 0 Å². The van der Waals surface area contributed by atoms with Crippen LogP contribution in [0, 0.1) is 0 Å². The average molecular weight is 505 g/mol. The summed E-state index contributed by atoms with van der Waals surface area (Å²) in [7, 11) is 2.00. The lowest BCUT2D eigenvalue weighted by Crippen LogP contribution is -2.43. The summed E-state index contributed by atoms with van der Waals surface area (Å²) in [5, 5.41) is 23.1. The molecule has 0 aliphatic carbocycles. The number of anilines is 1. The number of amides is 1. The third kappa shape index (κ3) is 7.03. The van der Waals surface area contributed by atoms with Crippen LogP contribution in [0.2, 0.25) is 0 Å². The first-order valence-electron chi connectivity index (χ1n) is 12.7. The lowest BCUT2D eigenvalue weighted by atomic mass is 9.98. The smallest absolute Gasteiger partial charge is 0.221 e. The number of ether oxygens (including phenoxy) is 2. The topological polar surface area (TPSA) is 91.3 Å². The molecule has 7 nitrogen and oxygen atoms in total. The zero-order chi connectivity index (χ0) is 26.4. The van der Waals surface area contributed by atoms with Gasteiger partial charge in [-0.2, -0.15) is 0 Å². The minimum atomic E-state index is -0.620. The molecule has 1 heterocycles. The van der Waals surface area contributed by atoms with E-state index in [1.54, 1.807) is 0 Å². The van der Waals surface area contributed by atoms with Crippen molar-refractivity contribution in [2.24, 2.45) is 0 Å². The molecule has 0 saturated carbocycles. The number of rotatable bonds is 9. The maximum absolute atomic E-state index is 11.4. The Balaban J connectivity index is 1.52. The Kier molecular flexibility index (Phi) is 9.08. The van der Waals surface area contributed by atoms with Crippen LogP contribution in [-0.2, 0) is 20.9 Å². The summed E-state index contributed by atoms with van der Waals surface area (Å²) in [6.07, 6.45) is -0.904. The molecule has 4 rings (SSSR count). The first-order chi connectivity index (χ1) is 17.8. The predicted octanol–water partition coefficient (Wildman–Crippen LogP) is 4.74. The molecular formula is C30H36N2O5. The molecule has 3 N–H and O–H groups in total. The molecule has 0 radical (unpaired) electrons. The van der Waals surface area contributed by atoms with Gasteiger partial charge in [0, 0.05) is 37.2 Å². The fourth-order valence-electron chi connectivity index (χ4n) is 4.62. The van der Waals surface area contributed by atoms with E-state index in [9.17, 15) is 15.0 Å². The van der Waals surface area contributed by atoms with Crippen LogP contribution in [0.25, 0.3) is 0 Å². The van der Waals surface area contributed by atoms with E-state index in [-0.39, 0.29) is 30.8 Å². The Morgan fingerprint density at radius 1 is 1.00 bits per heavy atom. The van der Waals surface area contributed by atoms with Gasteiger partial charge >= 0.3 is 0 Å². The van der Waals surface area contributed by atoms with E-state index < -0.39 is 12.4 Å². The van der Waals surface area contributed by atoms with Crippen LogP contribution in [0.15, 0.2) is 78.9 Å². The highest BCUT2D eigenvalue weighted by Gasteiger charge is 2.34. The van der Waals surface area contributed by atoms with Gasteiger partial charge < -0.3 is 25.0 Å². The van der Waals surface area contributed by atoms with Crippen LogP contribution in [0.3, 0.4) is 0 Å². The molecule has 1 aliphatic rings. The van der Waals surface area contributed by atoms with Crippen LogP contribution in [0.5, 0.6) is 0 Å². The summed E-state index contributed by atoms with van der Waals surface area (Å²) in [4.78, 5) is 13.5. The number of carbonyl (C=O) groups is 1. The van der Waals surface area contributed by atoms with E-state index in [0.29, 0.717) is 18.7 Å². The zero-order valence-electron chi connectivity index (χ0n) is 21.6. The second-order valence-electron chi connectivity index (χ2n) is 9.69. The monoisotopic (exact) mass is 504 g/mol. The molecule has 0 aromatic heterocycles. The molecule has 196 valence electrons. The maximum Gasteiger partial charge on any atom is 0.221 e. The Hall–Kier alpha value is -3.07. The molecule has 1 saturated heterocycles. The highest BCUT2D eigenvalue weighted by atomic mass is 16.7. The molecule has 5 atom stereocenters. The number of hydrogen-bond acceptors (Lipinski definition) is 6. The number of carbonyl (C=O) groups excluding carboxylic acids is 1. The third-order valence-corrected chi connectivity index (χ3v) is 6.90. The number of likely N-dealkylation sites (N-methyl/N-ethyl adjacent to an activating group) is 1. The van der Waals surface area contributed by atoms with Crippen molar-refractivity contribution in [2.75, 3.05) is 18.9 Å². The highest BCUT2D eigenvalue weighted by molar-refractivity contribution is 5.88. The highest BCUT2D eigenvalue weighted by Crippen LogP contribution is 2.38. The van der Waals surface area contributed by atoms with Crippen molar-refractivity contribution in [3.05, 3.63) is 101 Å². The van der Waals surface area contributed by atoms with Crippen LogP contribution in [-0.4, -0.2) is 46.8 Å². The molecule has 0 spiro atoms. The van der Waals surface area contributed by atoms with Crippen molar-refractivity contribution >= 4 is 11.6 Å². The van der Waals surface area contributed by atoms with Crippen LogP contribution in [0.1, 0.15) is 61.0 Å². The summed E-state index contributed by atoms with van der Waals surface area (Å²) < 4.78 is 12.8. The number of hydrogen-bond donors (Lipinski definition) is 3. The third-order valence-electron chi connectivity index (χ3n) is 6.90. The Morgan fingerprint density at radius 3 is 2.27 bits per heavy atom. The molecule has 7 heteroatoms. The number of nitrogens with zero attached hydrogens (tertiary/aromatic N) is 1. The van der Waals surface area contributed by atoms with Crippen molar-refractivity contribution in [2.45, 2.75) is 57.5 Å². The predicted molar refractivity (Wildman–Crippen MR) is 143 cm³/mol.